The molecule has 0 saturated heterocycles. The summed E-state index contributed by atoms with van der Waals surface area (Å²) in [6, 6.07) is 24.6. The molecule has 7 nitrogen and oxygen atoms in total. The second-order valence-corrected chi connectivity index (χ2v) is 8.51. The highest BCUT2D eigenvalue weighted by molar-refractivity contribution is 7.98. The van der Waals surface area contributed by atoms with Crippen molar-refractivity contribution in [3.63, 3.8) is 0 Å². The molecule has 1 aliphatic heterocycles. The summed E-state index contributed by atoms with van der Waals surface area (Å²) >= 11 is 1.58. The fraction of sp³-hybridized carbons (Fsp3) is 0.160. The number of benzene rings is 3. The van der Waals surface area contributed by atoms with Gasteiger partial charge in [-0.05, 0) is 42.0 Å². The van der Waals surface area contributed by atoms with Crippen molar-refractivity contribution in [1.29, 1.82) is 0 Å². The molecule has 1 amide bonds. The van der Waals surface area contributed by atoms with Gasteiger partial charge >= 0.3 is 0 Å². The topological polar surface area (TPSA) is 78.3 Å². The van der Waals surface area contributed by atoms with Crippen LogP contribution < -0.4 is 14.8 Å². The van der Waals surface area contributed by atoms with Crippen LogP contribution in [0.2, 0.25) is 0 Å². The monoisotopic (exact) mass is 458 g/mol. The van der Waals surface area contributed by atoms with E-state index in [1.54, 1.807) is 11.8 Å². The summed E-state index contributed by atoms with van der Waals surface area (Å²) < 4.78 is 13.8. The number of carbonyl (C=O) groups excluding carboxylic acids is 1. The smallest absolute Gasteiger partial charge is 0.255 e. The fourth-order valence-electron chi connectivity index (χ4n) is 3.50. The Hall–Kier alpha value is -3.78. The van der Waals surface area contributed by atoms with Gasteiger partial charge in [0.05, 0.1) is 0 Å². The van der Waals surface area contributed by atoms with Gasteiger partial charge in [0, 0.05) is 24.1 Å². The Morgan fingerprint density at radius 1 is 1.00 bits per heavy atom. The maximum absolute atomic E-state index is 12.4. The zero-order valence-electron chi connectivity index (χ0n) is 18.0. The van der Waals surface area contributed by atoms with E-state index in [9.17, 15) is 4.79 Å². The number of aromatic nitrogens is 3. The number of para-hydroxylation sites is 3. The van der Waals surface area contributed by atoms with E-state index in [2.05, 4.69) is 15.5 Å². The lowest BCUT2D eigenvalue weighted by molar-refractivity contribution is 0.0825. The van der Waals surface area contributed by atoms with Gasteiger partial charge in [0.15, 0.2) is 28.6 Å². The number of hydrogen-bond donors (Lipinski definition) is 1. The standard InChI is InChI=1S/C25H22N4O3S/c1-29-23(22-15-31-20-9-5-6-10-21(20)32-22)27-28-25(29)33-16-17-11-13-18(14-12-17)24(30)26-19-7-3-2-4-8-19/h2-14,22H,15-16H2,1H3,(H,26,30). The van der Waals surface area contributed by atoms with Crippen LogP contribution in [0.3, 0.4) is 0 Å². The van der Waals surface area contributed by atoms with E-state index in [0.717, 1.165) is 28.0 Å². The van der Waals surface area contributed by atoms with Crippen LogP contribution in [0.4, 0.5) is 5.69 Å². The van der Waals surface area contributed by atoms with Crippen LogP contribution in [0, 0.1) is 0 Å². The number of ether oxygens (including phenoxy) is 2. The van der Waals surface area contributed by atoms with Gasteiger partial charge in [0.2, 0.25) is 0 Å². The summed E-state index contributed by atoms with van der Waals surface area (Å²) in [6.07, 6.45) is -0.311. The van der Waals surface area contributed by atoms with Gasteiger partial charge < -0.3 is 19.4 Å². The summed E-state index contributed by atoms with van der Waals surface area (Å²) in [7, 11) is 1.93. The van der Waals surface area contributed by atoms with Crippen LogP contribution in [0.1, 0.15) is 27.8 Å². The van der Waals surface area contributed by atoms with Gasteiger partial charge in [-0.15, -0.1) is 10.2 Å². The SMILES string of the molecule is Cn1c(SCc2ccc(C(=O)Nc3ccccc3)cc2)nnc1C1COc2ccccc2O1. The van der Waals surface area contributed by atoms with Gasteiger partial charge in [-0.1, -0.05) is 54.2 Å². The number of hydrogen-bond acceptors (Lipinski definition) is 6. The molecular weight excluding hydrogens is 436 g/mol. The zero-order valence-corrected chi connectivity index (χ0v) is 18.8. The molecule has 1 aromatic heterocycles. The van der Waals surface area contributed by atoms with Gasteiger partial charge in [-0.3, -0.25) is 4.79 Å². The second kappa shape index (κ2) is 9.38. The molecule has 1 atom stereocenters. The molecular formula is C25H22N4O3S. The maximum Gasteiger partial charge on any atom is 0.255 e. The first kappa shape index (κ1) is 21.1. The van der Waals surface area contributed by atoms with E-state index < -0.39 is 0 Å². The number of rotatable bonds is 6. The number of anilines is 1. The molecule has 1 unspecified atom stereocenters. The number of carbonyl (C=O) groups is 1. The zero-order chi connectivity index (χ0) is 22.6. The van der Waals surface area contributed by atoms with Gasteiger partial charge in [-0.25, -0.2) is 0 Å². The number of nitrogens with zero attached hydrogens (tertiary/aromatic N) is 3. The molecule has 8 heteroatoms. The Balaban J connectivity index is 1.20. The minimum atomic E-state index is -0.311. The lowest BCUT2D eigenvalue weighted by atomic mass is 10.1. The first-order chi connectivity index (χ1) is 16.2. The lowest BCUT2D eigenvalue weighted by Gasteiger charge is -2.25. The molecule has 33 heavy (non-hydrogen) atoms. The molecule has 0 radical (unpaired) electrons. The van der Waals surface area contributed by atoms with Crippen molar-refractivity contribution in [3.8, 4) is 11.5 Å². The van der Waals surface area contributed by atoms with Gasteiger partial charge in [0.25, 0.3) is 5.91 Å². The van der Waals surface area contributed by atoms with Crippen LogP contribution in [0.5, 0.6) is 11.5 Å². The molecule has 5 rings (SSSR count). The van der Waals surface area contributed by atoms with Crippen molar-refractivity contribution in [2.45, 2.75) is 17.0 Å². The van der Waals surface area contributed by atoms with Crippen molar-refractivity contribution < 1.29 is 14.3 Å². The normalized spacial score (nSPS) is 14.6. The molecule has 3 aromatic carbocycles. The van der Waals surface area contributed by atoms with Crippen molar-refractivity contribution in [2.24, 2.45) is 7.05 Å². The Labute approximate surface area is 195 Å². The number of nitrogens with one attached hydrogen (secondary N) is 1. The largest absolute Gasteiger partial charge is 0.485 e. The van der Waals surface area contributed by atoms with Crippen LogP contribution in [-0.2, 0) is 12.8 Å². The average Bonchev–Trinajstić information content (AvgIpc) is 3.23. The van der Waals surface area contributed by atoms with Crippen LogP contribution in [-0.4, -0.2) is 27.3 Å². The minimum Gasteiger partial charge on any atom is -0.485 e. The first-order valence-corrected chi connectivity index (χ1v) is 11.5. The molecule has 0 bridgehead atoms. The Morgan fingerprint density at radius 3 is 2.52 bits per heavy atom. The lowest BCUT2D eigenvalue weighted by Crippen LogP contribution is -2.24. The molecule has 2 heterocycles. The Bertz CT molecular complexity index is 1260. The van der Waals surface area contributed by atoms with Crippen molar-refractivity contribution in [3.05, 3.63) is 95.8 Å². The van der Waals surface area contributed by atoms with Crippen molar-refractivity contribution in [2.75, 3.05) is 11.9 Å². The molecule has 0 aliphatic carbocycles. The minimum absolute atomic E-state index is 0.130. The number of fused-ring (bicyclic) bond motifs is 1. The van der Waals surface area contributed by atoms with E-state index >= 15 is 0 Å². The number of thioether (sulfide) groups is 1. The average molecular weight is 459 g/mol. The third kappa shape index (κ3) is 4.70. The summed E-state index contributed by atoms with van der Waals surface area (Å²) in [6.45, 7) is 0.389. The van der Waals surface area contributed by atoms with Gasteiger partial charge in [-0.2, -0.15) is 0 Å². The summed E-state index contributed by atoms with van der Waals surface area (Å²) in [4.78, 5) is 12.4. The Morgan fingerprint density at radius 2 is 1.73 bits per heavy atom. The number of amides is 1. The molecule has 1 N–H and O–H groups in total. The highest BCUT2D eigenvalue weighted by Gasteiger charge is 2.27. The molecule has 166 valence electrons. The van der Waals surface area contributed by atoms with E-state index in [1.807, 2.05) is 90.5 Å². The Kier molecular flexibility index (Phi) is 5.99. The third-order valence-electron chi connectivity index (χ3n) is 5.28. The van der Waals surface area contributed by atoms with E-state index in [0.29, 0.717) is 23.7 Å². The maximum atomic E-state index is 12.4. The summed E-state index contributed by atoms with van der Waals surface area (Å²) in [5.41, 5.74) is 2.48. The predicted octanol–water partition coefficient (Wildman–Crippen LogP) is 4.87. The quantitative estimate of drug-likeness (QED) is 0.415. The van der Waals surface area contributed by atoms with Crippen molar-refractivity contribution in [1.82, 2.24) is 14.8 Å². The third-order valence-corrected chi connectivity index (χ3v) is 6.37. The molecule has 0 spiro atoms. The van der Waals surface area contributed by atoms with Crippen molar-refractivity contribution >= 4 is 23.4 Å². The van der Waals surface area contributed by atoms with Gasteiger partial charge in [0.1, 0.15) is 6.61 Å². The molecule has 4 aromatic rings. The van der Waals surface area contributed by atoms with E-state index in [-0.39, 0.29) is 12.0 Å². The van der Waals surface area contributed by atoms with Crippen LogP contribution in [0.15, 0.2) is 84.0 Å². The molecule has 0 fully saturated rings. The summed E-state index contributed by atoms with van der Waals surface area (Å²) in [5.74, 6) is 2.75. The second-order valence-electron chi connectivity index (χ2n) is 7.57. The first-order valence-electron chi connectivity index (χ1n) is 10.5. The van der Waals surface area contributed by atoms with Crippen LogP contribution >= 0.6 is 11.8 Å². The highest BCUT2D eigenvalue weighted by atomic mass is 32.2. The van der Waals surface area contributed by atoms with E-state index in [1.165, 1.54) is 0 Å². The molecule has 0 saturated carbocycles. The molecule has 1 aliphatic rings. The van der Waals surface area contributed by atoms with E-state index in [4.69, 9.17) is 9.47 Å². The predicted molar refractivity (Wildman–Crippen MR) is 127 cm³/mol. The van der Waals surface area contributed by atoms with Crippen LogP contribution in [0.25, 0.3) is 0 Å². The summed E-state index contributed by atoms with van der Waals surface area (Å²) in [5, 5.41) is 12.4. The fourth-order valence-corrected chi connectivity index (χ4v) is 4.38. The highest BCUT2D eigenvalue weighted by Crippen LogP contribution is 2.36.